The molecule has 0 saturated heterocycles. The molecule has 0 fully saturated rings. The van der Waals surface area contributed by atoms with E-state index in [0.29, 0.717) is 38.5 Å². The van der Waals surface area contributed by atoms with Gasteiger partial charge in [0, 0.05) is 21.0 Å². The molecule has 34 heavy (non-hydrogen) atoms. The first-order valence-electron chi connectivity index (χ1n) is 10.1. The van der Waals surface area contributed by atoms with Crippen molar-refractivity contribution >= 4 is 58.2 Å². The number of nitrogens with zero attached hydrogens (tertiary/aromatic N) is 1. The average Bonchev–Trinajstić information content (AvgIpc) is 3.05. The number of ether oxygens (including phenoxy) is 2. The van der Waals surface area contributed by atoms with E-state index in [9.17, 15) is 9.59 Å². The van der Waals surface area contributed by atoms with Crippen LogP contribution in [0.4, 0.5) is 11.4 Å². The number of carbonyl (C=O) groups is 2. The Hall–Kier alpha value is -3.13. The van der Waals surface area contributed by atoms with E-state index in [1.807, 2.05) is 0 Å². The molecule has 0 radical (unpaired) electrons. The zero-order valence-corrected chi connectivity index (χ0v) is 20.8. The van der Waals surface area contributed by atoms with Crippen LogP contribution < -0.4 is 19.7 Å². The Labute approximate surface area is 211 Å². The van der Waals surface area contributed by atoms with Gasteiger partial charge in [-0.3, -0.25) is 9.59 Å². The number of halogens is 2. The third-order valence-electron chi connectivity index (χ3n) is 5.14. The van der Waals surface area contributed by atoms with E-state index >= 15 is 0 Å². The first-order chi connectivity index (χ1) is 16.3. The van der Waals surface area contributed by atoms with Crippen LogP contribution in [0.15, 0.2) is 76.2 Å². The van der Waals surface area contributed by atoms with Gasteiger partial charge in [-0.15, -0.1) is 0 Å². The van der Waals surface area contributed by atoms with Gasteiger partial charge in [0.2, 0.25) is 0 Å². The molecular formula is C25H20Cl2N2O4S. The molecule has 0 aromatic heterocycles. The van der Waals surface area contributed by atoms with Crippen molar-refractivity contribution in [2.24, 2.45) is 0 Å². The van der Waals surface area contributed by atoms with E-state index in [0.717, 1.165) is 9.80 Å². The second-order valence-corrected chi connectivity index (χ2v) is 9.28. The normalized spacial score (nSPS) is 13.5. The summed E-state index contributed by atoms with van der Waals surface area (Å²) in [6, 6.07) is 17.2. The van der Waals surface area contributed by atoms with Crippen molar-refractivity contribution in [3.05, 3.63) is 86.9 Å². The Balaban J connectivity index is 1.78. The van der Waals surface area contributed by atoms with E-state index in [4.69, 9.17) is 32.7 Å². The summed E-state index contributed by atoms with van der Waals surface area (Å²) in [5.74, 6) is 0.138. The molecule has 0 unspecified atom stereocenters. The maximum Gasteiger partial charge on any atom is 0.283 e. The summed E-state index contributed by atoms with van der Waals surface area (Å²) >= 11 is 13.3. The van der Waals surface area contributed by atoms with Crippen LogP contribution in [0.5, 0.6) is 11.5 Å². The molecule has 3 aromatic rings. The number of methoxy groups -OCH3 is 2. The number of amides is 2. The molecule has 6 nitrogen and oxygen atoms in total. The molecule has 3 aromatic carbocycles. The predicted octanol–water partition coefficient (Wildman–Crippen LogP) is 6.31. The third-order valence-corrected chi connectivity index (χ3v) is 6.72. The number of carbonyl (C=O) groups excluding carboxylic acids is 2. The number of hydrogen-bond acceptors (Lipinski definition) is 6. The summed E-state index contributed by atoms with van der Waals surface area (Å²) in [6.07, 6.45) is 0. The van der Waals surface area contributed by atoms with Crippen LogP contribution in [0.2, 0.25) is 10.0 Å². The highest BCUT2D eigenvalue weighted by molar-refractivity contribution is 8.04. The van der Waals surface area contributed by atoms with Gasteiger partial charge in [0.15, 0.2) is 0 Å². The quantitative estimate of drug-likeness (QED) is 0.372. The lowest BCUT2D eigenvalue weighted by molar-refractivity contribution is -0.120. The lowest BCUT2D eigenvalue weighted by Crippen LogP contribution is -2.33. The molecule has 2 amide bonds. The number of anilines is 2. The topological polar surface area (TPSA) is 67.9 Å². The number of thioether (sulfide) groups is 1. The monoisotopic (exact) mass is 514 g/mol. The number of nitrogens with one attached hydrogen (secondary N) is 1. The molecule has 9 heteroatoms. The Morgan fingerprint density at radius 3 is 2.21 bits per heavy atom. The van der Waals surface area contributed by atoms with Crippen LogP contribution in [0, 0.1) is 6.92 Å². The fraction of sp³-hybridized carbons (Fsp3) is 0.120. The first kappa shape index (κ1) is 24.0. The van der Waals surface area contributed by atoms with Crippen molar-refractivity contribution in [1.82, 2.24) is 0 Å². The van der Waals surface area contributed by atoms with E-state index in [-0.39, 0.29) is 10.6 Å². The molecule has 1 aliphatic heterocycles. The van der Waals surface area contributed by atoms with Crippen LogP contribution in [0.3, 0.4) is 0 Å². The van der Waals surface area contributed by atoms with Gasteiger partial charge in [-0.05, 0) is 67.1 Å². The zero-order valence-electron chi connectivity index (χ0n) is 18.5. The summed E-state index contributed by atoms with van der Waals surface area (Å²) < 4.78 is 10.7. The molecule has 0 aliphatic carbocycles. The SMILES string of the molecule is COc1ccc(NC2=C(Sc3ccc(Cl)cc3)C(=O)N(c3ccc(Cl)cc3C)C2=O)c(OC)c1. The molecule has 0 saturated carbocycles. The highest BCUT2D eigenvalue weighted by Crippen LogP contribution is 2.40. The Morgan fingerprint density at radius 2 is 1.56 bits per heavy atom. The van der Waals surface area contributed by atoms with Gasteiger partial charge in [-0.1, -0.05) is 35.0 Å². The lowest BCUT2D eigenvalue weighted by Gasteiger charge is -2.18. The van der Waals surface area contributed by atoms with E-state index in [1.54, 1.807) is 74.7 Å². The van der Waals surface area contributed by atoms with Gasteiger partial charge in [0.1, 0.15) is 22.1 Å². The van der Waals surface area contributed by atoms with Crippen LogP contribution in [-0.4, -0.2) is 26.0 Å². The minimum absolute atomic E-state index is 0.141. The summed E-state index contributed by atoms with van der Waals surface area (Å²) in [5.41, 5.74) is 1.83. The van der Waals surface area contributed by atoms with Crippen LogP contribution >= 0.6 is 35.0 Å². The highest BCUT2D eigenvalue weighted by Gasteiger charge is 2.41. The molecule has 174 valence electrons. The van der Waals surface area contributed by atoms with Crippen molar-refractivity contribution in [1.29, 1.82) is 0 Å². The molecule has 1 aliphatic rings. The van der Waals surface area contributed by atoms with Crippen LogP contribution in [0.25, 0.3) is 0 Å². The Bertz CT molecular complexity index is 1310. The predicted molar refractivity (Wildman–Crippen MR) is 136 cm³/mol. The number of rotatable bonds is 7. The number of benzene rings is 3. The maximum atomic E-state index is 13.6. The van der Waals surface area contributed by atoms with Crippen LogP contribution in [0.1, 0.15) is 5.56 Å². The van der Waals surface area contributed by atoms with Crippen molar-refractivity contribution in [2.45, 2.75) is 11.8 Å². The standard InChI is InChI=1S/C25H20Cl2N2O4S/c1-14-12-16(27)6-11-20(14)29-24(30)22(28-19-10-7-17(32-2)13-21(19)33-3)23(25(29)31)34-18-8-4-15(26)5-9-18/h4-13,28H,1-3H3. The van der Waals surface area contributed by atoms with Gasteiger partial charge in [0.05, 0.1) is 25.6 Å². The third kappa shape index (κ3) is 4.73. The summed E-state index contributed by atoms with van der Waals surface area (Å²) in [4.78, 5) is 29.3. The zero-order chi connectivity index (χ0) is 24.4. The highest BCUT2D eigenvalue weighted by atomic mass is 35.5. The minimum atomic E-state index is -0.482. The Morgan fingerprint density at radius 1 is 0.853 bits per heavy atom. The Kier molecular flexibility index (Phi) is 7.07. The molecule has 0 atom stereocenters. The van der Waals surface area contributed by atoms with Crippen molar-refractivity contribution in [2.75, 3.05) is 24.4 Å². The fourth-order valence-corrected chi connectivity index (χ4v) is 4.74. The second kappa shape index (κ2) is 10.0. The van der Waals surface area contributed by atoms with E-state index in [2.05, 4.69) is 5.32 Å². The molecule has 1 N–H and O–H groups in total. The van der Waals surface area contributed by atoms with Crippen molar-refractivity contribution in [3.8, 4) is 11.5 Å². The van der Waals surface area contributed by atoms with Crippen molar-refractivity contribution in [3.63, 3.8) is 0 Å². The van der Waals surface area contributed by atoms with Gasteiger partial charge in [-0.2, -0.15) is 0 Å². The van der Waals surface area contributed by atoms with Gasteiger partial charge < -0.3 is 14.8 Å². The summed E-state index contributed by atoms with van der Waals surface area (Å²) in [6.45, 7) is 1.80. The summed E-state index contributed by atoms with van der Waals surface area (Å²) in [7, 11) is 3.07. The summed E-state index contributed by atoms with van der Waals surface area (Å²) in [5, 5.41) is 4.21. The van der Waals surface area contributed by atoms with E-state index < -0.39 is 11.8 Å². The second-order valence-electron chi connectivity index (χ2n) is 7.33. The number of hydrogen-bond donors (Lipinski definition) is 1. The molecular weight excluding hydrogens is 495 g/mol. The molecule has 1 heterocycles. The molecule has 0 spiro atoms. The minimum Gasteiger partial charge on any atom is -0.497 e. The van der Waals surface area contributed by atoms with Gasteiger partial charge in [-0.25, -0.2) is 4.90 Å². The van der Waals surface area contributed by atoms with E-state index in [1.165, 1.54) is 18.9 Å². The van der Waals surface area contributed by atoms with Gasteiger partial charge >= 0.3 is 0 Å². The van der Waals surface area contributed by atoms with Gasteiger partial charge in [0.25, 0.3) is 11.8 Å². The fourth-order valence-electron chi connectivity index (χ4n) is 3.46. The number of aryl methyl sites for hydroxylation is 1. The van der Waals surface area contributed by atoms with Crippen LogP contribution in [-0.2, 0) is 9.59 Å². The molecule has 4 rings (SSSR count). The molecule has 0 bridgehead atoms. The number of imide groups is 1. The maximum absolute atomic E-state index is 13.6. The van der Waals surface area contributed by atoms with Crippen molar-refractivity contribution < 1.29 is 19.1 Å². The first-order valence-corrected chi connectivity index (χ1v) is 11.7. The smallest absolute Gasteiger partial charge is 0.283 e. The largest absolute Gasteiger partial charge is 0.497 e. The average molecular weight is 515 g/mol. The lowest BCUT2D eigenvalue weighted by atomic mass is 10.2.